The van der Waals surface area contributed by atoms with E-state index in [1.165, 1.54) is 0 Å². The van der Waals surface area contributed by atoms with Crippen LogP contribution in [0.2, 0.25) is 0 Å². The highest BCUT2D eigenvalue weighted by Crippen LogP contribution is 2.07. The van der Waals surface area contributed by atoms with Crippen LogP contribution < -0.4 is 0 Å². The Bertz CT molecular complexity index is 308. The van der Waals surface area contributed by atoms with Crippen LogP contribution in [0.3, 0.4) is 0 Å². The van der Waals surface area contributed by atoms with Crippen LogP contribution in [0.4, 0.5) is 0 Å². The summed E-state index contributed by atoms with van der Waals surface area (Å²) in [4.78, 5) is 3.96. The Morgan fingerprint density at radius 2 is 1.63 bits per heavy atom. The summed E-state index contributed by atoms with van der Waals surface area (Å²) >= 11 is 0. The summed E-state index contributed by atoms with van der Waals surface area (Å²) < 4.78 is 0. The first kappa shape index (κ1) is 25.9. The lowest BCUT2D eigenvalue weighted by Crippen LogP contribution is -1.87. The second-order valence-corrected chi connectivity index (χ2v) is 2.16. The first-order chi connectivity index (χ1) is 9.38. The second kappa shape index (κ2) is 29.8. The molecule has 0 saturated heterocycles. The maximum Gasteiger partial charge on any atom is 0.0344 e. The second-order valence-electron chi connectivity index (χ2n) is 2.16. The smallest absolute Gasteiger partial charge is 0.0344 e. The molecule has 0 radical (unpaired) electrons. The van der Waals surface area contributed by atoms with Gasteiger partial charge in [-0.15, -0.1) is 25.5 Å². The Balaban J connectivity index is -0.000000121. The van der Waals surface area contributed by atoms with E-state index in [2.05, 4.69) is 30.6 Å². The molecule has 0 aliphatic heterocycles. The van der Waals surface area contributed by atoms with Crippen LogP contribution in [0, 0.1) is 12.3 Å². The van der Waals surface area contributed by atoms with Gasteiger partial charge >= 0.3 is 0 Å². The number of hydrogen-bond donors (Lipinski definition) is 0. The molecule has 0 N–H and O–H groups in total. The van der Waals surface area contributed by atoms with E-state index >= 15 is 0 Å². The first-order valence-corrected chi connectivity index (χ1v) is 6.87. The summed E-state index contributed by atoms with van der Waals surface area (Å²) in [6, 6.07) is 1.91. The fourth-order valence-electron chi connectivity index (χ4n) is 0.890. The molecule has 108 valence electrons. The molecule has 1 heteroatoms. The summed E-state index contributed by atoms with van der Waals surface area (Å²) in [5, 5.41) is 0. The Kier molecular flexibility index (Phi) is 40.7. The summed E-state index contributed by atoms with van der Waals surface area (Å²) in [5.74, 6) is 2.58. The lowest BCUT2D eigenvalue weighted by Gasteiger charge is -1.98. The van der Waals surface area contributed by atoms with Gasteiger partial charge in [-0.1, -0.05) is 54.2 Å². The molecule has 0 atom stereocenters. The quantitative estimate of drug-likeness (QED) is 0.485. The van der Waals surface area contributed by atoms with E-state index in [0.29, 0.717) is 6.42 Å². The highest BCUT2D eigenvalue weighted by molar-refractivity contribution is 5.50. The SMILES string of the molecule is C#CCc1ccncc1C=C.C=C.CC.CC.CC. The van der Waals surface area contributed by atoms with Gasteiger partial charge in [-0.3, -0.25) is 4.98 Å². The average molecular weight is 261 g/mol. The Morgan fingerprint density at radius 3 is 2.00 bits per heavy atom. The van der Waals surface area contributed by atoms with Crippen LogP contribution in [0.1, 0.15) is 52.7 Å². The molecule has 0 spiro atoms. The molecule has 1 rings (SSSR count). The van der Waals surface area contributed by atoms with Crippen molar-refractivity contribution in [3.63, 3.8) is 0 Å². The molecule has 19 heavy (non-hydrogen) atoms. The van der Waals surface area contributed by atoms with E-state index in [1.807, 2.05) is 47.6 Å². The number of hydrogen-bond acceptors (Lipinski definition) is 1. The van der Waals surface area contributed by atoms with E-state index in [1.54, 1.807) is 18.5 Å². The number of pyridine rings is 1. The van der Waals surface area contributed by atoms with Crippen molar-refractivity contribution in [2.24, 2.45) is 0 Å². The lowest BCUT2D eigenvalue weighted by atomic mass is 10.1. The standard InChI is InChI=1S/C10H9N.3C2H6.C2H4/c1-3-5-10-6-7-11-8-9(10)4-2;4*1-2/h1,4,6-8H,2,5H2;3*1-2H3;1-2H2. The number of aromatic nitrogens is 1. The van der Waals surface area contributed by atoms with Gasteiger partial charge in [0.2, 0.25) is 0 Å². The molecular formula is C18H31N. The topological polar surface area (TPSA) is 12.9 Å². The largest absolute Gasteiger partial charge is 0.264 e. The van der Waals surface area contributed by atoms with E-state index in [-0.39, 0.29) is 0 Å². The van der Waals surface area contributed by atoms with E-state index in [0.717, 1.165) is 11.1 Å². The molecule has 1 nitrogen and oxygen atoms in total. The van der Waals surface area contributed by atoms with Crippen LogP contribution >= 0.6 is 0 Å². The van der Waals surface area contributed by atoms with Crippen LogP contribution in [-0.2, 0) is 6.42 Å². The number of nitrogens with zero attached hydrogens (tertiary/aromatic N) is 1. The van der Waals surface area contributed by atoms with Crippen molar-refractivity contribution in [1.82, 2.24) is 4.98 Å². The average Bonchev–Trinajstić information content (AvgIpc) is 2.56. The van der Waals surface area contributed by atoms with Crippen molar-refractivity contribution in [2.45, 2.75) is 48.0 Å². The summed E-state index contributed by atoms with van der Waals surface area (Å²) in [5.41, 5.74) is 2.13. The van der Waals surface area contributed by atoms with Gasteiger partial charge in [-0.25, -0.2) is 0 Å². The minimum absolute atomic E-state index is 0.643. The van der Waals surface area contributed by atoms with Crippen LogP contribution in [0.5, 0.6) is 0 Å². The molecule has 0 aliphatic carbocycles. The third-order valence-corrected chi connectivity index (χ3v) is 1.46. The fourth-order valence-corrected chi connectivity index (χ4v) is 0.890. The van der Waals surface area contributed by atoms with Gasteiger partial charge in [0.15, 0.2) is 0 Å². The minimum atomic E-state index is 0.643. The zero-order chi connectivity index (χ0) is 16.1. The van der Waals surface area contributed by atoms with Gasteiger partial charge < -0.3 is 0 Å². The first-order valence-electron chi connectivity index (χ1n) is 6.87. The van der Waals surface area contributed by atoms with Gasteiger partial charge in [0, 0.05) is 18.8 Å². The molecular weight excluding hydrogens is 230 g/mol. The summed E-state index contributed by atoms with van der Waals surface area (Å²) in [6.45, 7) is 21.7. The minimum Gasteiger partial charge on any atom is -0.264 e. The summed E-state index contributed by atoms with van der Waals surface area (Å²) in [7, 11) is 0. The molecule has 0 fully saturated rings. The third kappa shape index (κ3) is 16.2. The maximum atomic E-state index is 5.18. The molecule has 1 heterocycles. The van der Waals surface area contributed by atoms with Gasteiger partial charge in [0.1, 0.15) is 0 Å². The normalized spacial score (nSPS) is 6.16. The molecule has 0 amide bonds. The monoisotopic (exact) mass is 261 g/mol. The molecule has 0 aliphatic rings. The maximum absolute atomic E-state index is 5.18. The van der Waals surface area contributed by atoms with Crippen molar-refractivity contribution in [1.29, 1.82) is 0 Å². The predicted molar refractivity (Wildman–Crippen MR) is 92.2 cm³/mol. The number of terminal acetylenes is 1. The molecule has 0 bridgehead atoms. The Labute approximate surface area is 121 Å². The Hall–Kier alpha value is -1.81. The van der Waals surface area contributed by atoms with Crippen LogP contribution in [0.15, 0.2) is 38.2 Å². The summed E-state index contributed by atoms with van der Waals surface area (Å²) in [6.07, 6.45) is 11.1. The van der Waals surface area contributed by atoms with Crippen molar-refractivity contribution in [3.05, 3.63) is 49.3 Å². The zero-order valence-electron chi connectivity index (χ0n) is 13.7. The highest BCUT2D eigenvalue weighted by Gasteiger charge is 1.94. The molecule has 0 saturated carbocycles. The molecule has 0 unspecified atom stereocenters. The van der Waals surface area contributed by atoms with Crippen molar-refractivity contribution in [3.8, 4) is 12.3 Å². The molecule has 1 aromatic heterocycles. The fraction of sp³-hybridized carbons (Fsp3) is 0.389. The predicted octanol–water partition coefficient (Wildman–Crippen LogP) is 5.78. The zero-order valence-corrected chi connectivity index (χ0v) is 13.7. The molecule has 0 aromatic carbocycles. The van der Waals surface area contributed by atoms with Gasteiger partial charge in [-0.05, 0) is 17.2 Å². The van der Waals surface area contributed by atoms with Crippen molar-refractivity contribution >= 4 is 6.08 Å². The lowest BCUT2D eigenvalue weighted by molar-refractivity contribution is 1.22. The van der Waals surface area contributed by atoms with Gasteiger partial charge in [0.05, 0.1) is 0 Å². The van der Waals surface area contributed by atoms with Crippen LogP contribution in [0.25, 0.3) is 6.08 Å². The van der Waals surface area contributed by atoms with Gasteiger partial charge in [0.25, 0.3) is 0 Å². The third-order valence-electron chi connectivity index (χ3n) is 1.46. The van der Waals surface area contributed by atoms with Crippen molar-refractivity contribution < 1.29 is 0 Å². The highest BCUT2D eigenvalue weighted by atomic mass is 14.6. The van der Waals surface area contributed by atoms with E-state index in [9.17, 15) is 0 Å². The van der Waals surface area contributed by atoms with Crippen molar-refractivity contribution in [2.75, 3.05) is 0 Å². The molecule has 1 aromatic rings. The van der Waals surface area contributed by atoms with Crippen LogP contribution in [-0.4, -0.2) is 4.98 Å². The number of rotatable bonds is 2. The van der Waals surface area contributed by atoms with E-state index in [4.69, 9.17) is 6.42 Å². The Morgan fingerprint density at radius 1 is 1.16 bits per heavy atom. The van der Waals surface area contributed by atoms with Gasteiger partial charge in [-0.2, -0.15) is 0 Å². The van der Waals surface area contributed by atoms with E-state index < -0.39 is 0 Å².